The van der Waals surface area contributed by atoms with Crippen LogP contribution in [0.3, 0.4) is 0 Å². The molecular formula is C24H28N4O3. The molecule has 7 heteroatoms. The smallest absolute Gasteiger partial charge is 0.322 e. The summed E-state index contributed by atoms with van der Waals surface area (Å²) in [4.78, 5) is 19.2. The normalized spacial score (nSPS) is 15.9. The van der Waals surface area contributed by atoms with Gasteiger partial charge in [-0.25, -0.2) is 4.79 Å². The molecule has 2 heterocycles. The van der Waals surface area contributed by atoms with Crippen LogP contribution in [0.5, 0.6) is 0 Å². The molecule has 4 rings (SSSR count). The molecule has 1 saturated heterocycles. The van der Waals surface area contributed by atoms with Crippen molar-refractivity contribution in [2.24, 2.45) is 0 Å². The van der Waals surface area contributed by atoms with Gasteiger partial charge in [0.1, 0.15) is 6.04 Å². The number of benzene rings is 2. The van der Waals surface area contributed by atoms with Crippen molar-refractivity contribution in [2.45, 2.75) is 45.8 Å². The largest absolute Gasteiger partial charge is 0.376 e. The lowest BCUT2D eigenvalue weighted by Crippen LogP contribution is -2.34. The minimum atomic E-state index is -0.196. The summed E-state index contributed by atoms with van der Waals surface area (Å²) in [5, 5.41) is 7.07. The fraction of sp³-hybridized carbons (Fsp3) is 0.375. The number of urea groups is 1. The summed E-state index contributed by atoms with van der Waals surface area (Å²) in [6.45, 7) is 5.82. The summed E-state index contributed by atoms with van der Waals surface area (Å²) >= 11 is 0. The van der Waals surface area contributed by atoms with E-state index in [1.807, 2.05) is 55.5 Å². The second-order valence-electron chi connectivity index (χ2n) is 7.92. The first kappa shape index (κ1) is 21.1. The highest BCUT2D eigenvalue weighted by molar-refractivity contribution is 5.89. The van der Waals surface area contributed by atoms with E-state index in [-0.39, 0.29) is 12.1 Å². The predicted molar refractivity (Wildman–Crippen MR) is 118 cm³/mol. The summed E-state index contributed by atoms with van der Waals surface area (Å²) < 4.78 is 11.2. The summed E-state index contributed by atoms with van der Waals surface area (Å²) in [6.07, 6.45) is 2.29. The molecule has 0 saturated carbocycles. The van der Waals surface area contributed by atoms with Gasteiger partial charge >= 0.3 is 6.03 Å². The van der Waals surface area contributed by atoms with Crippen LogP contribution < -0.4 is 5.32 Å². The third kappa shape index (κ3) is 5.30. The lowest BCUT2D eigenvalue weighted by atomic mass is 10.1. The number of hydrogen-bond acceptors (Lipinski definition) is 5. The molecule has 2 amide bonds. The number of carbonyl (C=O) groups excluding carboxylic acids is 1. The van der Waals surface area contributed by atoms with E-state index in [1.165, 1.54) is 5.56 Å². The van der Waals surface area contributed by atoms with Crippen molar-refractivity contribution in [2.75, 3.05) is 18.5 Å². The quantitative estimate of drug-likeness (QED) is 0.555. The second-order valence-corrected chi connectivity index (χ2v) is 7.92. The molecule has 1 atom stereocenters. The van der Waals surface area contributed by atoms with Gasteiger partial charge in [0.2, 0.25) is 5.89 Å². The minimum Gasteiger partial charge on any atom is -0.376 e. The molecule has 0 radical (unpaired) electrons. The van der Waals surface area contributed by atoms with E-state index in [4.69, 9.17) is 9.26 Å². The minimum absolute atomic E-state index is 0.142. The molecule has 1 aromatic heterocycles. The third-order valence-electron chi connectivity index (χ3n) is 5.62. The molecule has 162 valence electrons. The maximum atomic E-state index is 12.9. The number of carbonyl (C=O) groups is 1. The van der Waals surface area contributed by atoms with E-state index in [1.54, 1.807) is 4.90 Å². The van der Waals surface area contributed by atoms with Crippen molar-refractivity contribution in [1.29, 1.82) is 0 Å². The first-order valence-electron chi connectivity index (χ1n) is 10.7. The van der Waals surface area contributed by atoms with E-state index in [2.05, 4.69) is 22.4 Å². The van der Waals surface area contributed by atoms with Crippen molar-refractivity contribution in [1.82, 2.24) is 15.0 Å². The van der Waals surface area contributed by atoms with Crippen LogP contribution in [0.25, 0.3) is 0 Å². The molecule has 2 aromatic carbocycles. The van der Waals surface area contributed by atoms with Crippen molar-refractivity contribution in [3.05, 3.63) is 76.9 Å². The zero-order valence-corrected chi connectivity index (χ0v) is 18.0. The highest BCUT2D eigenvalue weighted by Crippen LogP contribution is 2.31. The highest BCUT2D eigenvalue weighted by atomic mass is 16.5. The number of likely N-dealkylation sites (tertiary alicyclic amines) is 1. The summed E-state index contributed by atoms with van der Waals surface area (Å²) in [5.74, 6) is 1.09. The fourth-order valence-corrected chi connectivity index (χ4v) is 3.71. The Kier molecular flexibility index (Phi) is 6.62. The Morgan fingerprint density at radius 3 is 2.84 bits per heavy atom. The van der Waals surface area contributed by atoms with Gasteiger partial charge in [0.25, 0.3) is 0 Å². The van der Waals surface area contributed by atoms with E-state index in [0.717, 1.165) is 29.7 Å². The molecule has 1 aliphatic heterocycles. The molecule has 31 heavy (non-hydrogen) atoms. The number of hydrogen-bond donors (Lipinski definition) is 1. The number of amides is 2. The number of nitrogens with one attached hydrogen (secondary N) is 1. The number of anilines is 1. The van der Waals surface area contributed by atoms with Gasteiger partial charge in [0.15, 0.2) is 5.82 Å². The molecular weight excluding hydrogens is 392 g/mol. The summed E-state index contributed by atoms with van der Waals surface area (Å²) in [7, 11) is 0. The van der Waals surface area contributed by atoms with Gasteiger partial charge in [-0.05, 0) is 55.5 Å². The Hall–Kier alpha value is -3.19. The van der Waals surface area contributed by atoms with Crippen LogP contribution in [0.1, 0.15) is 47.3 Å². The van der Waals surface area contributed by atoms with Crippen LogP contribution >= 0.6 is 0 Å². The Morgan fingerprint density at radius 2 is 2.03 bits per heavy atom. The van der Waals surface area contributed by atoms with Gasteiger partial charge in [-0.2, -0.15) is 4.98 Å². The maximum Gasteiger partial charge on any atom is 0.322 e. The van der Waals surface area contributed by atoms with E-state index in [0.29, 0.717) is 37.9 Å². The average Bonchev–Trinajstić information content (AvgIpc) is 3.44. The van der Waals surface area contributed by atoms with Crippen LogP contribution in [0, 0.1) is 13.8 Å². The average molecular weight is 421 g/mol. The zero-order chi connectivity index (χ0) is 21.6. The van der Waals surface area contributed by atoms with Gasteiger partial charge in [-0.15, -0.1) is 0 Å². The zero-order valence-electron chi connectivity index (χ0n) is 18.0. The molecule has 0 bridgehead atoms. The summed E-state index contributed by atoms with van der Waals surface area (Å²) in [5.41, 5.74) is 4.27. The Morgan fingerprint density at radius 1 is 1.19 bits per heavy atom. The van der Waals surface area contributed by atoms with Crippen LogP contribution in [0.2, 0.25) is 0 Å². The first-order chi connectivity index (χ1) is 15.1. The predicted octanol–water partition coefficient (Wildman–Crippen LogP) is 4.81. The number of aromatic nitrogens is 2. The molecule has 1 N–H and O–H groups in total. The van der Waals surface area contributed by atoms with Crippen molar-refractivity contribution >= 4 is 11.7 Å². The lowest BCUT2D eigenvalue weighted by molar-refractivity contribution is 0.122. The van der Waals surface area contributed by atoms with Crippen LogP contribution in [-0.2, 0) is 17.8 Å². The maximum absolute atomic E-state index is 12.9. The van der Waals surface area contributed by atoms with E-state index in [9.17, 15) is 4.79 Å². The number of rotatable bonds is 7. The molecule has 3 aromatic rings. The second kappa shape index (κ2) is 9.75. The topological polar surface area (TPSA) is 80.5 Å². The number of ether oxygens (including phenoxy) is 1. The van der Waals surface area contributed by atoms with Gasteiger partial charge in [-0.3, -0.25) is 0 Å². The van der Waals surface area contributed by atoms with Crippen LogP contribution in [-0.4, -0.2) is 34.2 Å². The molecule has 0 aliphatic carbocycles. The Balaban J connectivity index is 1.31. The van der Waals surface area contributed by atoms with Gasteiger partial charge in [0.05, 0.1) is 13.2 Å². The molecule has 1 aliphatic rings. The fourth-order valence-electron chi connectivity index (χ4n) is 3.71. The number of nitrogens with zero attached hydrogens (tertiary/aromatic N) is 3. The van der Waals surface area contributed by atoms with Gasteiger partial charge in [0, 0.05) is 18.7 Å². The van der Waals surface area contributed by atoms with Crippen molar-refractivity contribution < 1.29 is 14.1 Å². The van der Waals surface area contributed by atoms with Crippen molar-refractivity contribution in [3.8, 4) is 0 Å². The molecule has 1 fully saturated rings. The Labute approximate surface area is 182 Å². The summed E-state index contributed by atoms with van der Waals surface area (Å²) in [6, 6.07) is 15.6. The van der Waals surface area contributed by atoms with E-state index >= 15 is 0 Å². The van der Waals surface area contributed by atoms with Gasteiger partial charge < -0.3 is 19.5 Å². The number of aryl methyl sites for hydroxylation is 2. The van der Waals surface area contributed by atoms with Crippen LogP contribution in [0.4, 0.5) is 10.5 Å². The van der Waals surface area contributed by atoms with Crippen LogP contribution in [0.15, 0.2) is 53.1 Å². The third-order valence-corrected chi connectivity index (χ3v) is 5.62. The first-order valence-corrected chi connectivity index (χ1v) is 10.7. The van der Waals surface area contributed by atoms with Crippen molar-refractivity contribution in [3.63, 3.8) is 0 Å². The molecule has 1 unspecified atom stereocenters. The SMILES string of the molecule is Cc1ccc(NC(=O)N2CCCC2c2nc(CCOCc3ccccc3)no2)cc1C. The molecule has 7 nitrogen and oxygen atoms in total. The standard InChI is InChI=1S/C24H28N4O3/c1-17-10-11-20(15-18(17)2)25-24(29)28-13-6-9-21(28)23-26-22(27-31-23)12-14-30-16-19-7-4-3-5-8-19/h3-5,7-8,10-11,15,21H,6,9,12-14,16H2,1-2H3,(H,25,29). The highest BCUT2D eigenvalue weighted by Gasteiger charge is 2.34. The van der Waals surface area contributed by atoms with Gasteiger partial charge in [-0.1, -0.05) is 41.6 Å². The van der Waals surface area contributed by atoms with E-state index < -0.39 is 0 Å². The monoisotopic (exact) mass is 420 g/mol. The lowest BCUT2D eigenvalue weighted by Gasteiger charge is -2.22. The molecule has 0 spiro atoms. The Bertz CT molecular complexity index is 1020.